The van der Waals surface area contributed by atoms with Crippen LogP contribution < -0.4 is 5.32 Å². The van der Waals surface area contributed by atoms with Gasteiger partial charge in [-0.3, -0.25) is 4.79 Å². The first-order valence-electron chi connectivity index (χ1n) is 6.56. The van der Waals surface area contributed by atoms with Crippen molar-refractivity contribution in [2.24, 2.45) is 0 Å². The first-order chi connectivity index (χ1) is 10.6. The number of halogens is 1. The molecule has 7 heteroatoms. The number of amides is 1. The predicted molar refractivity (Wildman–Crippen MR) is 83.8 cm³/mol. The second kappa shape index (κ2) is 5.95. The summed E-state index contributed by atoms with van der Waals surface area (Å²) in [6.07, 6.45) is 0. The van der Waals surface area contributed by atoms with E-state index < -0.39 is 0 Å². The van der Waals surface area contributed by atoms with Crippen molar-refractivity contribution < 1.29 is 4.79 Å². The van der Waals surface area contributed by atoms with Crippen LogP contribution in [0, 0.1) is 6.92 Å². The molecule has 22 heavy (non-hydrogen) atoms. The predicted octanol–water partition coefficient (Wildman–Crippen LogP) is 3.08. The van der Waals surface area contributed by atoms with Gasteiger partial charge in [0.05, 0.1) is 5.69 Å². The van der Waals surface area contributed by atoms with E-state index in [9.17, 15) is 4.79 Å². The fraction of sp³-hybridized carbons (Fsp3) is 0.0667. The molecule has 3 rings (SSSR count). The number of nitrogens with one attached hydrogen (secondary N) is 2. The van der Waals surface area contributed by atoms with E-state index in [-0.39, 0.29) is 5.91 Å². The highest BCUT2D eigenvalue weighted by atomic mass is 35.5. The van der Waals surface area contributed by atoms with Gasteiger partial charge in [0.25, 0.3) is 5.91 Å². The van der Waals surface area contributed by atoms with Crippen LogP contribution in [0.3, 0.4) is 0 Å². The average molecular weight is 314 g/mol. The molecule has 0 aliphatic heterocycles. The molecule has 3 aromatic rings. The minimum Gasteiger partial charge on any atom is -0.321 e. The van der Waals surface area contributed by atoms with Crippen molar-refractivity contribution in [3.63, 3.8) is 0 Å². The Bertz CT molecular complexity index is 817. The lowest BCUT2D eigenvalue weighted by atomic mass is 10.1. The summed E-state index contributed by atoms with van der Waals surface area (Å²) >= 11 is 6.03. The number of anilines is 1. The molecule has 0 aliphatic carbocycles. The van der Waals surface area contributed by atoms with Crippen LogP contribution >= 0.6 is 11.6 Å². The van der Waals surface area contributed by atoms with Gasteiger partial charge >= 0.3 is 0 Å². The number of hydrogen-bond acceptors (Lipinski definition) is 4. The van der Waals surface area contributed by atoms with E-state index in [1.807, 2.05) is 25.1 Å². The van der Waals surface area contributed by atoms with Gasteiger partial charge in [-0.25, -0.2) is 5.10 Å². The van der Waals surface area contributed by atoms with Crippen LogP contribution in [-0.2, 0) is 0 Å². The van der Waals surface area contributed by atoms with E-state index in [0.717, 1.165) is 5.56 Å². The van der Waals surface area contributed by atoms with Gasteiger partial charge in [0.2, 0.25) is 0 Å². The quantitative estimate of drug-likeness (QED) is 0.778. The maximum absolute atomic E-state index is 12.5. The number of H-pyrrole nitrogens is 1. The van der Waals surface area contributed by atoms with Crippen molar-refractivity contribution in [3.8, 4) is 11.4 Å². The highest BCUT2D eigenvalue weighted by molar-refractivity contribution is 6.31. The summed E-state index contributed by atoms with van der Waals surface area (Å²) in [5, 5.41) is 17.0. The van der Waals surface area contributed by atoms with Crippen molar-refractivity contribution in [3.05, 3.63) is 58.6 Å². The number of hydrogen-bond donors (Lipinski definition) is 2. The fourth-order valence-electron chi connectivity index (χ4n) is 2.12. The summed E-state index contributed by atoms with van der Waals surface area (Å²) in [6.45, 7) is 1.88. The van der Waals surface area contributed by atoms with Gasteiger partial charge in [-0.05, 0) is 47.2 Å². The average Bonchev–Trinajstić information content (AvgIpc) is 3.02. The number of aromatic amines is 1. The summed E-state index contributed by atoms with van der Waals surface area (Å²) in [6, 6.07) is 12.5. The molecule has 1 aromatic heterocycles. The van der Waals surface area contributed by atoms with Gasteiger partial charge in [0, 0.05) is 16.1 Å². The summed E-state index contributed by atoms with van der Waals surface area (Å²) in [7, 11) is 0. The van der Waals surface area contributed by atoms with E-state index in [2.05, 4.69) is 25.9 Å². The second-order valence-electron chi connectivity index (χ2n) is 4.71. The molecule has 0 spiro atoms. The van der Waals surface area contributed by atoms with Crippen molar-refractivity contribution in [2.75, 3.05) is 5.32 Å². The third-order valence-corrected chi connectivity index (χ3v) is 3.46. The lowest BCUT2D eigenvalue weighted by molar-refractivity contribution is 0.102. The van der Waals surface area contributed by atoms with Gasteiger partial charge in [0.1, 0.15) is 0 Å². The molecule has 0 atom stereocenters. The highest BCUT2D eigenvalue weighted by Crippen LogP contribution is 2.28. The van der Waals surface area contributed by atoms with Crippen LogP contribution in [-0.4, -0.2) is 26.5 Å². The maximum Gasteiger partial charge on any atom is 0.255 e. The highest BCUT2D eigenvalue weighted by Gasteiger charge is 2.14. The van der Waals surface area contributed by atoms with E-state index in [0.29, 0.717) is 27.7 Å². The Labute approximate surface area is 131 Å². The third-order valence-electron chi connectivity index (χ3n) is 3.22. The first-order valence-corrected chi connectivity index (χ1v) is 6.93. The first kappa shape index (κ1) is 14.2. The molecule has 0 aliphatic rings. The van der Waals surface area contributed by atoms with Crippen LogP contribution in [0.5, 0.6) is 0 Å². The molecular formula is C15H12ClN5O. The van der Waals surface area contributed by atoms with Crippen LogP contribution in [0.1, 0.15) is 15.9 Å². The molecule has 1 heterocycles. The Hall–Kier alpha value is -2.73. The van der Waals surface area contributed by atoms with Crippen molar-refractivity contribution in [1.29, 1.82) is 0 Å². The lowest BCUT2D eigenvalue weighted by Gasteiger charge is -2.11. The van der Waals surface area contributed by atoms with Gasteiger partial charge < -0.3 is 5.32 Å². The number of benzene rings is 2. The zero-order chi connectivity index (χ0) is 15.5. The number of aromatic nitrogens is 4. The third kappa shape index (κ3) is 2.82. The fourth-order valence-corrected chi connectivity index (χ4v) is 2.29. The zero-order valence-corrected chi connectivity index (χ0v) is 12.4. The van der Waals surface area contributed by atoms with E-state index in [4.69, 9.17) is 11.6 Å². The smallest absolute Gasteiger partial charge is 0.255 e. The summed E-state index contributed by atoms with van der Waals surface area (Å²) < 4.78 is 0. The molecule has 0 unspecified atom stereocenters. The molecule has 2 N–H and O–H groups in total. The van der Waals surface area contributed by atoms with Gasteiger partial charge in [-0.15, -0.1) is 5.10 Å². The molecule has 0 saturated heterocycles. The summed E-state index contributed by atoms with van der Waals surface area (Å²) in [4.78, 5) is 12.5. The normalized spacial score (nSPS) is 10.5. The Morgan fingerprint density at radius 3 is 2.77 bits per heavy atom. The number of carbonyl (C=O) groups excluding carboxylic acids is 1. The number of tetrazole rings is 1. The largest absolute Gasteiger partial charge is 0.321 e. The van der Waals surface area contributed by atoms with E-state index in [1.165, 1.54) is 0 Å². The minimum atomic E-state index is -0.214. The molecular weight excluding hydrogens is 302 g/mol. The topological polar surface area (TPSA) is 83.6 Å². The van der Waals surface area contributed by atoms with Gasteiger partial charge in [-0.2, -0.15) is 0 Å². The monoisotopic (exact) mass is 313 g/mol. The summed E-state index contributed by atoms with van der Waals surface area (Å²) in [5.41, 5.74) is 2.70. The molecule has 1 amide bonds. The Morgan fingerprint density at radius 2 is 2.05 bits per heavy atom. The summed E-state index contributed by atoms with van der Waals surface area (Å²) in [5.74, 6) is 0.242. The standard InChI is InChI=1S/C15H12ClN5O/c1-9-4-2-3-5-11(9)15(22)17-13-8-10(16)6-7-12(13)14-18-20-21-19-14/h2-8H,1H3,(H,17,22)(H,18,19,20,21). The van der Waals surface area contributed by atoms with Crippen molar-refractivity contribution in [2.45, 2.75) is 6.92 Å². The Balaban J connectivity index is 1.97. The molecule has 0 fully saturated rings. The maximum atomic E-state index is 12.5. The van der Waals surface area contributed by atoms with Crippen molar-refractivity contribution >= 4 is 23.2 Å². The lowest BCUT2D eigenvalue weighted by Crippen LogP contribution is -2.14. The molecule has 0 bridgehead atoms. The van der Waals surface area contributed by atoms with E-state index >= 15 is 0 Å². The van der Waals surface area contributed by atoms with Crippen LogP contribution in [0.15, 0.2) is 42.5 Å². The molecule has 0 radical (unpaired) electrons. The number of nitrogens with zero attached hydrogens (tertiary/aromatic N) is 3. The Kier molecular flexibility index (Phi) is 3.84. The minimum absolute atomic E-state index is 0.214. The molecule has 0 saturated carbocycles. The molecule has 2 aromatic carbocycles. The number of rotatable bonds is 3. The Morgan fingerprint density at radius 1 is 1.23 bits per heavy atom. The van der Waals surface area contributed by atoms with Crippen LogP contribution in [0.25, 0.3) is 11.4 Å². The SMILES string of the molecule is Cc1ccccc1C(=O)Nc1cc(Cl)ccc1-c1nnn[nH]1. The van der Waals surface area contributed by atoms with E-state index in [1.54, 1.807) is 24.3 Å². The van der Waals surface area contributed by atoms with Gasteiger partial charge in [0.15, 0.2) is 5.82 Å². The second-order valence-corrected chi connectivity index (χ2v) is 5.15. The van der Waals surface area contributed by atoms with Crippen LogP contribution in [0.4, 0.5) is 5.69 Å². The van der Waals surface area contributed by atoms with Crippen molar-refractivity contribution in [1.82, 2.24) is 20.6 Å². The zero-order valence-electron chi connectivity index (χ0n) is 11.7. The molecule has 110 valence electrons. The number of carbonyl (C=O) groups is 1. The number of aryl methyl sites for hydroxylation is 1. The van der Waals surface area contributed by atoms with Crippen LogP contribution in [0.2, 0.25) is 5.02 Å². The molecule has 6 nitrogen and oxygen atoms in total. The van der Waals surface area contributed by atoms with Gasteiger partial charge in [-0.1, -0.05) is 29.8 Å².